The second-order valence-corrected chi connectivity index (χ2v) is 12.1. The van der Waals surface area contributed by atoms with Gasteiger partial charge in [0.05, 0.1) is 38.9 Å². The largest absolute Gasteiger partial charge is 0.492 e. The molecule has 0 radical (unpaired) electrons. The van der Waals surface area contributed by atoms with Gasteiger partial charge in [-0.05, 0) is 73.1 Å². The first-order chi connectivity index (χ1) is 18.6. The maximum absolute atomic E-state index is 12.6. The molecule has 0 spiro atoms. The molecule has 0 aliphatic carbocycles. The number of rotatable bonds is 9. The highest BCUT2D eigenvalue weighted by atomic mass is 35.5. The van der Waals surface area contributed by atoms with Gasteiger partial charge in [-0.3, -0.25) is 0 Å². The van der Waals surface area contributed by atoms with Crippen LogP contribution in [0.3, 0.4) is 0 Å². The Bertz CT molecular complexity index is 1770. The van der Waals surface area contributed by atoms with E-state index in [-0.39, 0.29) is 23.9 Å². The van der Waals surface area contributed by atoms with Gasteiger partial charge in [-0.2, -0.15) is 8.78 Å². The monoisotopic (exact) mass is 590 g/mol. The Morgan fingerprint density at radius 2 is 1.82 bits per heavy atom. The number of alkyl halides is 2. The number of ether oxygens (including phenoxy) is 2. The minimum Gasteiger partial charge on any atom is -0.492 e. The van der Waals surface area contributed by atoms with Gasteiger partial charge < -0.3 is 9.47 Å². The van der Waals surface area contributed by atoms with Crippen molar-refractivity contribution in [2.24, 2.45) is 0 Å². The fourth-order valence-corrected chi connectivity index (χ4v) is 6.43. The number of halogens is 3. The molecule has 0 saturated heterocycles. The molecule has 3 aromatic carbocycles. The van der Waals surface area contributed by atoms with Crippen LogP contribution >= 0.6 is 23.1 Å². The van der Waals surface area contributed by atoms with Crippen molar-refractivity contribution in [1.82, 2.24) is 18.8 Å². The Morgan fingerprint density at radius 1 is 1.05 bits per heavy atom. The van der Waals surface area contributed by atoms with Gasteiger partial charge >= 0.3 is 6.61 Å². The van der Waals surface area contributed by atoms with E-state index in [0.717, 1.165) is 31.4 Å². The standard InChI is InChI=1S/C26H21ClF2N4O4S2/c1-15-10-19(24-20(11-15)31-22(14-30-24)37-26(28)29)25-32-23-16(2)12-17(13-21(23)38-25)36-9-8-33(27)39(34,35)18-6-4-3-5-7-18/h3-7,10-14,26H,8-9H2,1-2H3. The van der Waals surface area contributed by atoms with Gasteiger partial charge in [0.1, 0.15) is 17.4 Å². The lowest BCUT2D eigenvalue weighted by molar-refractivity contribution is -0.0528. The van der Waals surface area contributed by atoms with Crippen LogP contribution in [0, 0.1) is 13.8 Å². The van der Waals surface area contributed by atoms with Gasteiger partial charge in [-0.25, -0.2) is 23.4 Å². The topological polar surface area (TPSA) is 94.5 Å². The van der Waals surface area contributed by atoms with E-state index in [0.29, 0.717) is 27.4 Å². The number of nitrogens with zero attached hydrogens (tertiary/aromatic N) is 4. The number of hydrogen-bond acceptors (Lipinski definition) is 8. The van der Waals surface area contributed by atoms with Crippen LogP contribution in [0.5, 0.6) is 11.6 Å². The highest BCUT2D eigenvalue weighted by Crippen LogP contribution is 2.37. The fourth-order valence-electron chi connectivity index (χ4n) is 3.98. The average molecular weight is 591 g/mol. The molecule has 0 atom stereocenters. The SMILES string of the molecule is Cc1cc(-c2nc3c(C)cc(OCCN(Cl)S(=O)(=O)c4ccccc4)cc3s2)c2ncc(OC(F)F)nc2c1. The third kappa shape index (κ3) is 5.78. The third-order valence-corrected chi connectivity index (χ3v) is 9.03. The number of hydrogen-bond donors (Lipinski definition) is 0. The summed E-state index contributed by atoms with van der Waals surface area (Å²) in [6.07, 6.45) is 1.16. The molecule has 39 heavy (non-hydrogen) atoms. The Kier molecular flexibility index (Phi) is 7.63. The minimum absolute atomic E-state index is 0.0350. The number of aryl methyl sites for hydroxylation is 2. The van der Waals surface area contributed by atoms with Crippen LogP contribution in [0.25, 0.3) is 31.8 Å². The van der Waals surface area contributed by atoms with Crippen molar-refractivity contribution in [2.45, 2.75) is 25.4 Å². The van der Waals surface area contributed by atoms with Crippen molar-refractivity contribution in [3.63, 3.8) is 0 Å². The summed E-state index contributed by atoms with van der Waals surface area (Å²) in [5.41, 5.74) is 4.13. The molecule has 0 fully saturated rings. The lowest BCUT2D eigenvalue weighted by Gasteiger charge is -2.15. The fraction of sp³-hybridized carbons (Fsp3) is 0.192. The molecule has 2 heterocycles. The highest BCUT2D eigenvalue weighted by molar-refractivity contribution is 7.90. The molecule has 202 valence electrons. The molecule has 13 heteroatoms. The number of benzene rings is 3. The van der Waals surface area contributed by atoms with Gasteiger partial charge in [0.15, 0.2) is 0 Å². The molecule has 0 aliphatic heterocycles. The minimum atomic E-state index is -3.84. The molecule has 0 bridgehead atoms. The zero-order valence-corrected chi connectivity index (χ0v) is 23.0. The summed E-state index contributed by atoms with van der Waals surface area (Å²) < 4.78 is 62.3. The summed E-state index contributed by atoms with van der Waals surface area (Å²) >= 11 is 7.48. The molecule has 0 saturated carbocycles. The normalized spacial score (nSPS) is 12.1. The molecule has 0 amide bonds. The second kappa shape index (κ2) is 11.0. The summed E-state index contributed by atoms with van der Waals surface area (Å²) in [5, 5.41) is 0.677. The first-order valence-corrected chi connectivity index (χ1v) is 14.2. The predicted molar refractivity (Wildman–Crippen MR) is 146 cm³/mol. The van der Waals surface area contributed by atoms with E-state index in [9.17, 15) is 17.2 Å². The van der Waals surface area contributed by atoms with Crippen LogP contribution < -0.4 is 9.47 Å². The van der Waals surface area contributed by atoms with Crippen molar-refractivity contribution in [3.05, 3.63) is 71.9 Å². The van der Waals surface area contributed by atoms with Crippen LogP contribution in [0.1, 0.15) is 11.1 Å². The number of thiazole rings is 1. The van der Waals surface area contributed by atoms with Gasteiger partial charge in [-0.15, -0.1) is 15.2 Å². The van der Waals surface area contributed by atoms with E-state index < -0.39 is 16.6 Å². The van der Waals surface area contributed by atoms with E-state index in [2.05, 4.69) is 14.7 Å². The Labute approximate surface area is 232 Å². The maximum Gasteiger partial charge on any atom is 0.388 e. The predicted octanol–water partition coefficient (Wildman–Crippen LogP) is 6.35. The Hall–Kier alpha value is -3.45. The van der Waals surface area contributed by atoms with Crippen molar-refractivity contribution >= 4 is 54.4 Å². The quantitative estimate of drug-likeness (QED) is 0.185. The molecule has 0 N–H and O–H groups in total. The van der Waals surface area contributed by atoms with Crippen molar-refractivity contribution in [1.29, 1.82) is 0 Å². The van der Waals surface area contributed by atoms with E-state index in [1.807, 2.05) is 32.0 Å². The van der Waals surface area contributed by atoms with E-state index in [4.69, 9.17) is 21.5 Å². The molecule has 2 aromatic heterocycles. The van der Waals surface area contributed by atoms with Gasteiger partial charge in [-0.1, -0.05) is 18.2 Å². The highest BCUT2D eigenvalue weighted by Gasteiger charge is 2.22. The summed E-state index contributed by atoms with van der Waals surface area (Å²) in [6, 6.07) is 15.2. The zero-order valence-electron chi connectivity index (χ0n) is 20.6. The Balaban J connectivity index is 1.38. The third-order valence-electron chi connectivity index (χ3n) is 5.71. The summed E-state index contributed by atoms with van der Waals surface area (Å²) in [7, 11) is -3.84. The molecule has 5 aromatic rings. The summed E-state index contributed by atoms with van der Waals surface area (Å²) in [5.74, 6) is 0.281. The van der Waals surface area contributed by atoms with Crippen LogP contribution in [0.4, 0.5) is 8.78 Å². The summed E-state index contributed by atoms with van der Waals surface area (Å²) in [6.45, 7) is 0.746. The first kappa shape index (κ1) is 27.1. The van der Waals surface area contributed by atoms with Gasteiger partial charge in [0.2, 0.25) is 5.88 Å². The number of aromatic nitrogens is 3. The van der Waals surface area contributed by atoms with Gasteiger partial charge in [0.25, 0.3) is 10.0 Å². The molecular weight excluding hydrogens is 570 g/mol. The molecule has 0 aliphatic rings. The molecular formula is C26H21ClF2N4O4S2. The molecule has 0 unspecified atom stereocenters. The van der Waals surface area contributed by atoms with Gasteiger partial charge in [0, 0.05) is 5.56 Å². The maximum atomic E-state index is 12.6. The average Bonchev–Trinajstić information content (AvgIpc) is 3.33. The van der Waals surface area contributed by atoms with Crippen molar-refractivity contribution < 1.29 is 26.7 Å². The molecule has 8 nitrogen and oxygen atoms in total. The van der Waals surface area contributed by atoms with Crippen LogP contribution in [-0.2, 0) is 10.0 Å². The first-order valence-electron chi connectivity index (χ1n) is 11.6. The van der Waals surface area contributed by atoms with Crippen LogP contribution in [0.2, 0.25) is 0 Å². The van der Waals surface area contributed by atoms with Crippen LogP contribution in [0.15, 0.2) is 65.7 Å². The number of sulfonamides is 1. The van der Waals surface area contributed by atoms with Crippen molar-refractivity contribution in [2.75, 3.05) is 13.2 Å². The van der Waals surface area contributed by atoms with E-state index >= 15 is 0 Å². The smallest absolute Gasteiger partial charge is 0.388 e. The van der Waals surface area contributed by atoms with E-state index in [1.165, 1.54) is 23.5 Å². The lowest BCUT2D eigenvalue weighted by Crippen LogP contribution is -2.26. The van der Waals surface area contributed by atoms with E-state index in [1.54, 1.807) is 24.3 Å². The zero-order chi connectivity index (χ0) is 27.7. The second-order valence-electron chi connectivity index (χ2n) is 8.55. The van der Waals surface area contributed by atoms with Crippen molar-refractivity contribution in [3.8, 4) is 22.2 Å². The van der Waals surface area contributed by atoms with Crippen LogP contribution in [-0.4, -0.2) is 47.0 Å². The lowest BCUT2D eigenvalue weighted by atomic mass is 10.1. The molecule has 5 rings (SSSR count). The number of fused-ring (bicyclic) bond motifs is 2. The Morgan fingerprint density at radius 3 is 2.56 bits per heavy atom. The summed E-state index contributed by atoms with van der Waals surface area (Å²) in [4.78, 5) is 13.4.